The lowest BCUT2D eigenvalue weighted by Gasteiger charge is -2.14. The summed E-state index contributed by atoms with van der Waals surface area (Å²) in [5.41, 5.74) is 8.81. The molecule has 0 saturated carbocycles. The molecule has 0 heterocycles. The van der Waals surface area contributed by atoms with Crippen LogP contribution in [0.15, 0.2) is 36.4 Å². The Morgan fingerprint density at radius 1 is 1.10 bits per heavy atom. The first-order chi connectivity index (χ1) is 9.44. The highest BCUT2D eigenvalue weighted by atomic mass is 19.1. The number of ether oxygens (including phenoxy) is 1. The lowest BCUT2D eigenvalue weighted by atomic mass is 10.2. The average Bonchev–Trinajstić information content (AvgIpc) is 2.31. The van der Waals surface area contributed by atoms with Crippen molar-refractivity contribution in [2.24, 2.45) is 0 Å². The van der Waals surface area contributed by atoms with Gasteiger partial charge in [-0.25, -0.2) is 4.39 Å². The summed E-state index contributed by atoms with van der Waals surface area (Å²) in [6.07, 6.45) is 0.0453. The molecule has 106 valence electrons. The Kier molecular flexibility index (Phi) is 4.13. The molecular formula is C16H19FN2O. The number of benzene rings is 2. The summed E-state index contributed by atoms with van der Waals surface area (Å²) >= 11 is 0. The Morgan fingerprint density at radius 3 is 2.50 bits per heavy atom. The van der Waals surface area contributed by atoms with Crippen LogP contribution in [0.1, 0.15) is 19.4 Å². The van der Waals surface area contributed by atoms with E-state index >= 15 is 0 Å². The summed E-state index contributed by atoms with van der Waals surface area (Å²) < 4.78 is 19.0. The highest BCUT2D eigenvalue weighted by Crippen LogP contribution is 2.28. The normalized spacial score (nSPS) is 10.7. The molecule has 0 amide bonds. The molecule has 0 aromatic heterocycles. The van der Waals surface area contributed by atoms with Crippen LogP contribution in [0, 0.1) is 12.7 Å². The first-order valence-electron chi connectivity index (χ1n) is 6.54. The first-order valence-corrected chi connectivity index (χ1v) is 6.54. The van der Waals surface area contributed by atoms with E-state index in [1.807, 2.05) is 39.0 Å². The number of nitrogens with one attached hydrogen (secondary N) is 1. The molecule has 0 bridgehead atoms. The number of hydrogen-bond donors (Lipinski definition) is 2. The van der Waals surface area contributed by atoms with Gasteiger partial charge in [-0.2, -0.15) is 0 Å². The molecule has 0 atom stereocenters. The molecule has 0 aliphatic rings. The van der Waals surface area contributed by atoms with Crippen LogP contribution in [0.4, 0.5) is 21.5 Å². The molecule has 0 aliphatic carbocycles. The predicted molar refractivity (Wildman–Crippen MR) is 81.0 cm³/mol. The van der Waals surface area contributed by atoms with Crippen LogP contribution in [0.2, 0.25) is 0 Å². The molecule has 0 fully saturated rings. The number of hydrogen-bond acceptors (Lipinski definition) is 3. The zero-order valence-corrected chi connectivity index (χ0v) is 11.9. The predicted octanol–water partition coefficient (Wildman–Crippen LogP) is 4.25. The number of nitrogen functional groups attached to an aromatic ring is 1. The summed E-state index contributed by atoms with van der Waals surface area (Å²) in [6.45, 7) is 5.73. The minimum absolute atomic E-state index is 0.0453. The molecule has 20 heavy (non-hydrogen) atoms. The minimum Gasteiger partial charge on any atom is -0.489 e. The van der Waals surface area contributed by atoms with Crippen LogP contribution < -0.4 is 15.8 Å². The number of nitrogens with two attached hydrogens (primary N) is 1. The highest BCUT2D eigenvalue weighted by Gasteiger charge is 2.05. The maximum atomic E-state index is 13.4. The molecule has 4 heteroatoms. The SMILES string of the molecule is Cc1cc(F)cc(Nc2ccc(N)c(OC(C)C)c2)c1. The van der Waals surface area contributed by atoms with Crippen molar-refractivity contribution in [1.29, 1.82) is 0 Å². The number of rotatable bonds is 4. The maximum absolute atomic E-state index is 13.4. The summed E-state index contributed by atoms with van der Waals surface area (Å²) in [6, 6.07) is 10.2. The molecule has 2 aromatic carbocycles. The van der Waals surface area contributed by atoms with Crippen molar-refractivity contribution < 1.29 is 9.13 Å². The Bertz CT molecular complexity index is 591. The minimum atomic E-state index is -0.262. The van der Waals surface area contributed by atoms with E-state index in [9.17, 15) is 4.39 Å². The summed E-state index contributed by atoms with van der Waals surface area (Å²) in [4.78, 5) is 0. The average molecular weight is 274 g/mol. The van der Waals surface area contributed by atoms with Crippen LogP contribution in [0.25, 0.3) is 0 Å². The Hall–Kier alpha value is -2.23. The van der Waals surface area contributed by atoms with Gasteiger partial charge in [0, 0.05) is 17.4 Å². The largest absolute Gasteiger partial charge is 0.489 e. The molecule has 0 saturated heterocycles. The monoisotopic (exact) mass is 274 g/mol. The van der Waals surface area contributed by atoms with Gasteiger partial charge in [0.1, 0.15) is 11.6 Å². The van der Waals surface area contributed by atoms with Gasteiger partial charge in [-0.1, -0.05) is 0 Å². The van der Waals surface area contributed by atoms with Gasteiger partial charge in [0.15, 0.2) is 0 Å². The van der Waals surface area contributed by atoms with Gasteiger partial charge >= 0.3 is 0 Å². The molecule has 3 N–H and O–H groups in total. The standard InChI is InChI=1S/C16H19FN2O/c1-10(2)20-16-9-13(4-5-15(16)18)19-14-7-11(3)6-12(17)8-14/h4-10,19H,18H2,1-3H3. The molecule has 0 spiro atoms. The highest BCUT2D eigenvalue weighted by molar-refractivity contribution is 5.67. The number of anilines is 3. The van der Waals surface area contributed by atoms with E-state index in [0.717, 1.165) is 11.3 Å². The van der Waals surface area contributed by atoms with Crippen molar-refractivity contribution >= 4 is 17.1 Å². The molecule has 2 rings (SSSR count). The van der Waals surface area contributed by atoms with Gasteiger partial charge in [-0.3, -0.25) is 0 Å². The molecule has 0 aliphatic heterocycles. The third kappa shape index (κ3) is 3.63. The topological polar surface area (TPSA) is 47.3 Å². The lowest BCUT2D eigenvalue weighted by molar-refractivity contribution is 0.244. The van der Waals surface area contributed by atoms with E-state index in [2.05, 4.69) is 5.32 Å². The maximum Gasteiger partial charge on any atom is 0.144 e. The van der Waals surface area contributed by atoms with Gasteiger partial charge in [-0.05, 0) is 56.7 Å². The first kappa shape index (κ1) is 14.2. The van der Waals surface area contributed by atoms with Crippen molar-refractivity contribution in [3.63, 3.8) is 0 Å². The fraction of sp³-hybridized carbons (Fsp3) is 0.250. The van der Waals surface area contributed by atoms with Crippen molar-refractivity contribution in [3.05, 3.63) is 47.8 Å². The molecule has 0 radical (unpaired) electrons. The number of halogens is 1. The summed E-state index contributed by atoms with van der Waals surface area (Å²) in [5.74, 6) is 0.361. The zero-order chi connectivity index (χ0) is 14.7. The van der Waals surface area contributed by atoms with Crippen LogP contribution in [0.5, 0.6) is 5.75 Å². The van der Waals surface area contributed by atoms with Gasteiger partial charge in [0.05, 0.1) is 11.8 Å². The fourth-order valence-corrected chi connectivity index (χ4v) is 1.94. The van der Waals surface area contributed by atoms with E-state index < -0.39 is 0 Å². The number of aryl methyl sites for hydroxylation is 1. The third-order valence-corrected chi connectivity index (χ3v) is 2.71. The van der Waals surface area contributed by atoms with Crippen molar-refractivity contribution in [1.82, 2.24) is 0 Å². The third-order valence-electron chi connectivity index (χ3n) is 2.71. The van der Waals surface area contributed by atoms with Crippen molar-refractivity contribution in [2.75, 3.05) is 11.1 Å². The quantitative estimate of drug-likeness (QED) is 0.819. The van der Waals surface area contributed by atoms with E-state index in [1.54, 1.807) is 6.07 Å². The van der Waals surface area contributed by atoms with Crippen LogP contribution in [-0.4, -0.2) is 6.10 Å². The zero-order valence-electron chi connectivity index (χ0n) is 11.9. The van der Waals surface area contributed by atoms with E-state index in [0.29, 0.717) is 17.1 Å². The lowest BCUT2D eigenvalue weighted by Crippen LogP contribution is -2.07. The van der Waals surface area contributed by atoms with E-state index in [4.69, 9.17) is 10.5 Å². The van der Waals surface area contributed by atoms with E-state index in [1.165, 1.54) is 12.1 Å². The van der Waals surface area contributed by atoms with Gasteiger partial charge in [-0.15, -0.1) is 0 Å². The second-order valence-electron chi connectivity index (χ2n) is 5.06. The molecule has 3 nitrogen and oxygen atoms in total. The van der Waals surface area contributed by atoms with Gasteiger partial charge in [0.25, 0.3) is 0 Å². The summed E-state index contributed by atoms with van der Waals surface area (Å²) in [7, 11) is 0. The van der Waals surface area contributed by atoms with Crippen molar-refractivity contribution in [2.45, 2.75) is 26.9 Å². The van der Waals surface area contributed by atoms with Gasteiger partial charge in [0.2, 0.25) is 0 Å². The smallest absolute Gasteiger partial charge is 0.144 e. The molecule has 2 aromatic rings. The van der Waals surface area contributed by atoms with Crippen LogP contribution in [-0.2, 0) is 0 Å². The second kappa shape index (κ2) is 5.82. The van der Waals surface area contributed by atoms with Gasteiger partial charge < -0.3 is 15.8 Å². The Morgan fingerprint density at radius 2 is 1.85 bits per heavy atom. The molecular weight excluding hydrogens is 255 g/mol. The Labute approximate surface area is 118 Å². The Balaban J connectivity index is 2.25. The summed E-state index contributed by atoms with van der Waals surface area (Å²) in [5, 5.41) is 3.15. The van der Waals surface area contributed by atoms with Crippen LogP contribution in [0.3, 0.4) is 0 Å². The molecule has 0 unspecified atom stereocenters. The van der Waals surface area contributed by atoms with E-state index in [-0.39, 0.29) is 11.9 Å². The van der Waals surface area contributed by atoms with Crippen molar-refractivity contribution in [3.8, 4) is 5.75 Å². The fourth-order valence-electron chi connectivity index (χ4n) is 1.94. The second-order valence-corrected chi connectivity index (χ2v) is 5.06. The van der Waals surface area contributed by atoms with Crippen LogP contribution >= 0.6 is 0 Å².